The van der Waals surface area contributed by atoms with Gasteiger partial charge in [0.05, 0.1) is 5.41 Å². The normalized spacial score (nSPS) is 37.4. The number of carbonyl (C=O) groups is 3. The van der Waals surface area contributed by atoms with Gasteiger partial charge >= 0.3 is 11.9 Å². The fourth-order valence-corrected chi connectivity index (χ4v) is 4.73. The van der Waals surface area contributed by atoms with Gasteiger partial charge in [-0.05, 0) is 52.9 Å². The number of Topliss-reactive ketones (excluding diaryl/α,β-unsaturated/α-hetero) is 1. The van der Waals surface area contributed by atoms with Crippen LogP contribution in [0.15, 0.2) is 0 Å². The third-order valence-corrected chi connectivity index (χ3v) is 6.79. The van der Waals surface area contributed by atoms with Crippen molar-refractivity contribution < 1.29 is 23.9 Å². The molecule has 4 bridgehead atoms. The first kappa shape index (κ1) is 17.4. The van der Waals surface area contributed by atoms with Crippen LogP contribution in [0.5, 0.6) is 0 Å². The summed E-state index contributed by atoms with van der Waals surface area (Å²) in [5.41, 5.74) is -1.11. The first-order valence-corrected chi connectivity index (χ1v) is 9.10. The molecule has 5 heteroatoms. The van der Waals surface area contributed by atoms with Crippen LogP contribution < -0.4 is 0 Å². The van der Waals surface area contributed by atoms with Crippen molar-refractivity contribution in [2.24, 2.45) is 29.1 Å². The minimum atomic E-state index is -0.590. The molecule has 0 spiro atoms. The number of ether oxygens (including phenoxy) is 2. The van der Waals surface area contributed by atoms with Crippen molar-refractivity contribution in [1.29, 1.82) is 0 Å². The fraction of sp³-hybridized carbons (Fsp3) is 0.842. The first-order valence-electron chi connectivity index (χ1n) is 9.10. The molecule has 134 valence electrons. The van der Waals surface area contributed by atoms with E-state index in [0.29, 0.717) is 12.2 Å². The van der Waals surface area contributed by atoms with Crippen molar-refractivity contribution in [1.82, 2.24) is 0 Å². The summed E-state index contributed by atoms with van der Waals surface area (Å²) < 4.78 is 11.0. The van der Waals surface area contributed by atoms with Crippen LogP contribution in [-0.2, 0) is 23.9 Å². The zero-order valence-electron chi connectivity index (χ0n) is 15.1. The van der Waals surface area contributed by atoms with Gasteiger partial charge in [0.2, 0.25) is 0 Å². The second-order valence-electron chi connectivity index (χ2n) is 8.60. The molecule has 0 radical (unpaired) electrons. The summed E-state index contributed by atoms with van der Waals surface area (Å²) >= 11 is 0. The maximum Gasteiger partial charge on any atom is 0.344 e. The minimum absolute atomic E-state index is 0.169. The molecule has 4 aliphatic rings. The molecule has 0 aromatic rings. The molecule has 0 atom stereocenters. The molecule has 0 amide bonds. The van der Waals surface area contributed by atoms with E-state index in [2.05, 4.69) is 0 Å². The average Bonchev–Trinajstić information content (AvgIpc) is 2.51. The molecule has 0 aliphatic heterocycles. The quantitative estimate of drug-likeness (QED) is 0.722. The van der Waals surface area contributed by atoms with Gasteiger partial charge in [-0.15, -0.1) is 0 Å². The van der Waals surface area contributed by atoms with E-state index in [1.165, 1.54) is 0 Å². The highest BCUT2D eigenvalue weighted by Gasteiger charge is 2.60. The lowest BCUT2D eigenvalue weighted by Gasteiger charge is -2.58. The zero-order chi connectivity index (χ0) is 17.7. The Balaban J connectivity index is 1.59. The standard InChI is InChI=1S/C19H28O5/c1-5-18(2,3)17(22)23-10-15(20)24-19(4)13-6-11-7-14(19)9-12(8-13)16(11)21/h11-14H,5-10H2,1-4H3. The van der Waals surface area contributed by atoms with Crippen molar-refractivity contribution in [3.8, 4) is 0 Å². The predicted octanol–water partition coefficient (Wildman–Crippen LogP) is 2.90. The molecule has 4 fully saturated rings. The minimum Gasteiger partial charge on any atom is -0.456 e. The maximum absolute atomic E-state index is 12.3. The van der Waals surface area contributed by atoms with Crippen LogP contribution >= 0.6 is 0 Å². The van der Waals surface area contributed by atoms with Crippen LogP contribution in [0.4, 0.5) is 0 Å². The number of hydrogen-bond acceptors (Lipinski definition) is 5. The van der Waals surface area contributed by atoms with Gasteiger partial charge in [-0.2, -0.15) is 0 Å². The number of hydrogen-bond donors (Lipinski definition) is 0. The van der Waals surface area contributed by atoms with E-state index in [9.17, 15) is 14.4 Å². The Hall–Kier alpha value is -1.39. The molecular weight excluding hydrogens is 308 g/mol. The summed E-state index contributed by atoms with van der Waals surface area (Å²) in [6.45, 7) is 7.19. The van der Waals surface area contributed by atoms with Gasteiger partial charge in [0.25, 0.3) is 0 Å². The summed E-state index contributed by atoms with van der Waals surface area (Å²) in [4.78, 5) is 36.4. The summed E-state index contributed by atoms with van der Waals surface area (Å²) in [6, 6.07) is 0. The highest BCUT2D eigenvalue weighted by Crippen LogP contribution is 2.58. The topological polar surface area (TPSA) is 69.7 Å². The number of carbonyl (C=O) groups excluding carboxylic acids is 3. The summed E-state index contributed by atoms with van der Waals surface area (Å²) in [6.07, 6.45) is 3.98. The van der Waals surface area contributed by atoms with Crippen LogP contribution in [0.2, 0.25) is 0 Å². The Morgan fingerprint density at radius 3 is 2.08 bits per heavy atom. The highest BCUT2D eigenvalue weighted by molar-refractivity contribution is 5.86. The second kappa shape index (κ2) is 5.85. The number of rotatable bonds is 5. The molecule has 0 N–H and O–H groups in total. The molecule has 0 aromatic carbocycles. The second-order valence-corrected chi connectivity index (χ2v) is 8.60. The van der Waals surface area contributed by atoms with Crippen LogP contribution in [-0.4, -0.2) is 29.9 Å². The zero-order valence-corrected chi connectivity index (χ0v) is 15.1. The monoisotopic (exact) mass is 336 g/mol. The molecule has 0 saturated heterocycles. The largest absolute Gasteiger partial charge is 0.456 e. The average molecular weight is 336 g/mol. The third-order valence-electron chi connectivity index (χ3n) is 6.79. The molecule has 4 rings (SSSR count). The van der Waals surface area contributed by atoms with E-state index < -0.39 is 17.0 Å². The Labute approximate surface area is 143 Å². The maximum atomic E-state index is 12.3. The first-order chi connectivity index (χ1) is 11.2. The SMILES string of the molecule is CCC(C)(C)C(=O)OCC(=O)OC1(C)C2CC3CC1CC(C2)C3=O. The number of ketones is 1. The smallest absolute Gasteiger partial charge is 0.344 e. The van der Waals surface area contributed by atoms with Crippen LogP contribution in [0.3, 0.4) is 0 Å². The predicted molar refractivity (Wildman–Crippen MR) is 87.0 cm³/mol. The molecule has 0 unspecified atom stereocenters. The molecule has 5 nitrogen and oxygen atoms in total. The van der Waals surface area contributed by atoms with Gasteiger partial charge in [-0.3, -0.25) is 9.59 Å². The van der Waals surface area contributed by atoms with Crippen molar-refractivity contribution >= 4 is 17.7 Å². The summed E-state index contributed by atoms with van der Waals surface area (Å²) in [5, 5.41) is 0. The number of esters is 2. The Morgan fingerprint density at radius 1 is 1.12 bits per heavy atom. The third kappa shape index (κ3) is 2.76. The molecule has 0 heterocycles. The van der Waals surface area contributed by atoms with Gasteiger partial charge in [0, 0.05) is 23.7 Å². The van der Waals surface area contributed by atoms with Gasteiger partial charge in [0.1, 0.15) is 11.4 Å². The Kier molecular flexibility index (Phi) is 4.25. The van der Waals surface area contributed by atoms with Crippen molar-refractivity contribution in [3.05, 3.63) is 0 Å². The van der Waals surface area contributed by atoms with E-state index in [-0.39, 0.29) is 36.2 Å². The van der Waals surface area contributed by atoms with E-state index in [1.54, 1.807) is 13.8 Å². The lowest BCUT2D eigenvalue weighted by molar-refractivity contribution is -0.206. The summed E-state index contributed by atoms with van der Waals surface area (Å²) in [5.74, 6) is 0.421. The van der Waals surface area contributed by atoms with Gasteiger partial charge in [-0.1, -0.05) is 6.92 Å². The lowest BCUT2D eigenvalue weighted by atomic mass is 9.50. The van der Waals surface area contributed by atoms with E-state index in [0.717, 1.165) is 25.7 Å². The van der Waals surface area contributed by atoms with Crippen molar-refractivity contribution in [2.45, 2.75) is 65.4 Å². The molecule has 4 saturated carbocycles. The van der Waals surface area contributed by atoms with Gasteiger partial charge < -0.3 is 9.47 Å². The highest BCUT2D eigenvalue weighted by atomic mass is 16.6. The Bertz CT molecular complexity index is 530. The van der Waals surface area contributed by atoms with Crippen LogP contribution in [0, 0.1) is 29.1 Å². The van der Waals surface area contributed by atoms with Gasteiger partial charge in [0.15, 0.2) is 6.61 Å². The van der Waals surface area contributed by atoms with Crippen molar-refractivity contribution in [2.75, 3.05) is 6.61 Å². The van der Waals surface area contributed by atoms with Crippen molar-refractivity contribution in [3.63, 3.8) is 0 Å². The van der Waals surface area contributed by atoms with Crippen LogP contribution in [0.1, 0.15) is 59.8 Å². The lowest BCUT2D eigenvalue weighted by Crippen LogP contribution is -2.61. The summed E-state index contributed by atoms with van der Waals surface area (Å²) in [7, 11) is 0. The van der Waals surface area contributed by atoms with Crippen LogP contribution in [0.25, 0.3) is 0 Å². The van der Waals surface area contributed by atoms with E-state index in [4.69, 9.17) is 9.47 Å². The fourth-order valence-electron chi connectivity index (χ4n) is 4.73. The van der Waals surface area contributed by atoms with E-state index in [1.807, 2.05) is 13.8 Å². The Morgan fingerprint density at radius 2 is 1.62 bits per heavy atom. The molecule has 24 heavy (non-hydrogen) atoms. The molecular formula is C19H28O5. The van der Waals surface area contributed by atoms with E-state index >= 15 is 0 Å². The molecule has 0 aromatic heterocycles. The van der Waals surface area contributed by atoms with Gasteiger partial charge in [-0.25, -0.2) is 4.79 Å². The molecule has 4 aliphatic carbocycles.